The van der Waals surface area contributed by atoms with E-state index in [1.807, 2.05) is 6.92 Å². The summed E-state index contributed by atoms with van der Waals surface area (Å²) in [5.41, 5.74) is -1.55. The Labute approximate surface area is 80.6 Å². The number of aromatic nitrogens is 1. The molecule has 2 nitrogen and oxygen atoms in total. The standard InChI is InChI=1S/C10H11F2NO/c1-6-2-10(14,3-6)9-7(11)4-13-5-8(9)12/h4-6,14H,2-3H2,1H3. The molecule has 1 fully saturated rings. The molecular weight excluding hydrogens is 188 g/mol. The van der Waals surface area contributed by atoms with Gasteiger partial charge in [0, 0.05) is 0 Å². The van der Waals surface area contributed by atoms with Gasteiger partial charge in [-0.05, 0) is 18.8 Å². The van der Waals surface area contributed by atoms with Gasteiger partial charge < -0.3 is 5.11 Å². The molecule has 0 radical (unpaired) electrons. The molecule has 1 aromatic rings. The van der Waals surface area contributed by atoms with Gasteiger partial charge in [-0.3, -0.25) is 4.98 Å². The van der Waals surface area contributed by atoms with Crippen LogP contribution in [0.15, 0.2) is 12.4 Å². The van der Waals surface area contributed by atoms with Crippen molar-refractivity contribution in [3.8, 4) is 0 Å². The molecule has 1 N–H and O–H groups in total. The summed E-state index contributed by atoms with van der Waals surface area (Å²) in [6.45, 7) is 1.94. The van der Waals surface area contributed by atoms with Gasteiger partial charge in [-0.15, -0.1) is 0 Å². The minimum absolute atomic E-state index is 0.231. The van der Waals surface area contributed by atoms with Crippen LogP contribution in [0.2, 0.25) is 0 Å². The molecule has 14 heavy (non-hydrogen) atoms. The second kappa shape index (κ2) is 2.98. The number of pyridine rings is 1. The Morgan fingerprint density at radius 2 is 1.86 bits per heavy atom. The molecule has 1 aliphatic rings. The Morgan fingerprint density at radius 1 is 1.36 bits per heavy atom. The van der Waals surface area contributed by atoms with E-state index in [-0.39, 0.29) is 5.56 Å². The number of hydrogen-bond donors (Lipinski definition) is 1. The molecular formula is C10H11F2NO. The average Bonchev–Trinajstić information content (AvgIpc) is 2.00. The minimum Gasteiger partial charge on any atom is -0.385 e. The quantitative estimate of drug-likeness (QED) is 0.750. The van der Waals surface area contributed by atoms with E-state index in [2.05, 4.69) is 4.98 Å². The molecule has 2 rings (SSSR count). The van der Waals surface area contributed by atoms with Crippen LogP contribution >= 0.6 is 0 Å². The van der Waals surface area contributed by atoms with Gasteiger partial charge in [-0.25, -0.2) is 8.78 Å². The van der Waals surface area contributed by atoms with Crippen molar-refractivity contribution in [3.05, 3.63) is 29.6 Å². The fourth-order valence-electron chi connectivity index (χ4n) is 2.15. The molecule has 0 amide bonds. The second-order valence-corrected chi connectivity index (χ2v) is 4.02. The molecule has 1 heterocycles. The first kappa shape index (κ1) is 9.52. The van der Waals surface area contributed by atoms with Gasteiger partial charge in [0.2, 0.25) is 0 Å². The van der Waals surface area contributed by atoms with E-state index < -0.39 is 17.2 Å². The summed E-state index contributed by atoms with van der Waals surface area (Å²) in [6.07, 6.45) is 2.68. The van der Waals surface area contributed by atoms with Crippen LogP contribution in [0.5, 0.6) is 0 Å². The molecule has 1 aliphatic carbocycles. The van der Waals surface area contributed by atoms with E-state index in [1.54, 1.807) is 0 Å². The zero-order valence-electron chi connectivity index (χ0n) is 7.80. The Morgan fingerprint density at radius 3 is 2.29 bits per heavy atom. The molecule has 4 heteroatoms. The van der Waals surface area contributed by atoms with Gasteiger partial charge in [-0.2, -0.15) is 0 Å². The third-order valence-corrected chi connectivity index (χ3v) is 2.69. The lowest BCUT2D eigenvalue weighted by atomic mass is 9.68. The minimum atomic E-state index is -1.32. The van der Waals surface area contributed by atoms with Crippen molar-refractivity contribution in [2.45, 2.75) is 25.4 Å². The Bertz CT molecular complexity index is 341. The van der Waals surface area contributed by atoms with Gasteiger partial charge in [0.05, 0.1) is 23.6 Å². The Kier molecular flexibility index (Phi) is 2.03. The first-order valence-corrected chi connectivity index (χ1v) is 4.55. The molecule has 0 aromatic carbocycles. The van der Waals surface area contributed by atoms with Crippen LogP contribution < -0.4 is 0 Å². The zero-order valence-corrected chi connectivity index (χ0v) is 7.80. The molecule has 0 unspecified atom stereocenters. The molecule has 0 atom stereocenters. The summed E-state index contributed by atoms with van der Waals surface area (Å²) in [4.78, 5) is 3.37. The fourth-order valence-corrected chi connectivity index (χ4v) is 2.15. The normalized spacial score (nSPS) is 31.3. The van der Waals surface area contributed by atoms with Gasteiger partial charge in [0.25, 0.3) is 0 Å². The maximum Gasteiger partial charge on any atom is 0.150 e. The van der Waals surface area contributed by atoms with Gasteiger partial charge in [0.15, 0.2) is 11.6 Å². The number of hydrogen-bond acceptors (Lipinski definition) is 2. The number of halogens is 2. The summed E-state index contributed by atoms with van der Waals surface area (Å²) < 4.78 is 26.5. The van der Waals surface area contributed by atoms with E-state index >= 15 is 0 Å². The van der Waals surface area contributed by atoms with Crippen LogP contribution in [0, 0.1) is 17.6 Å². The molecule has 0 spiro atoms. The molecule has 1 aromatic heterocycles. The smallest absolute Gasteiger partial charge is 0.150 e. The van der Waals surface area contributed by atoms with E-state index in [9.17, 15) is 13.9 Å². The maximum atomic E-state index is 13.2. The van der Waals surface area contributed by atoms with Crippen molar-refractivity contribution in [2.75, 3.05) is 0 Å². The highest BCUT2D eigenvalue weighted by Gasteiger charge is 2.45. The van der Waals surface area contributed by atoms with Crippen molar-refractivity contribution in [1.29, 1.82) is 0 Å². The summed E-state index contributed by atoms with van der Waals surface area (Å²) in [7, 11) is 0. The zero-order chi connectivity index (χ0) is 10.3. The first-order valence-electron chi connectivity index (χ1n) is 4.55. The molecule has 76 valence electrons. The maximum absolute atomic E-state index is 13.2. The van der Waals surface area contributed by atoms with Crippen molar-refractivity contribution in [3.63, 3.8) is 0 Å². The van der Waals surface area contributed by atoms with E-state index in [0.717, 1.165) is 12.4 Å². The van der Waals surface area contributed by atoms with Gasteiger partial charge in [-0.1, -0.05) is 6.92 Å². The third kappa shape index (κ3) is 1.30. The predicted octanol–water partition coefficient (Wildman–Crippen LogP) is 1.98. The van der Waals surface area contributed by atoms with Crippen LogP contribution in [0.3, 0.4) is 0 Å². The SMILES string of the molecule is CC1CC(O)(c2c(F)cncc2F)C1. The lowest BCUT2D eigenvalue weighted by Gasteiger charge is -2.42. The van der Waals surface area contributed by atoms with Crippen molar-refractivity contribution >= 4 is 0 Å². The van der Waals surface area contributed by atoms with Crippen LogP contribution in [0.25, 0.3) is 0 Å². The number of aliphatic hydroxyl groups is 1. The summed E-state index contributed by atoms with van der Waals surface area (Å²) >= 11 is 0. The average molecular weight is 199 g/mol. The predicted molar refractivity (Wildman–Crippen MR) is 46.4 cm³/mol. The molecule has 0 aliphatic heterocycles. The van der Waals surface area contributed by atoms with Gasteiger partial charge in [0.1, 0.15) is 0 Å². The second-order valence-electron chi connectivity index (χ2n) is 4.02. The topological polar surface area (TPSA) is 33.1 Å². The Balaban J connectivity index is 2.41. The lowest BCUT2D eigenvalue weighted by Crippen LogP contribution is -2.41. The van der Waals surface area contributed by atoms with Crippen LogP contribution in [0.4, 0.5) is 8.78 Å². The molecule has 0 saturated heterocycles. The molecule has 0 bridgehead atoms. The van der Waals surface area contributed by atoms with E-state index in [0.29, 0.717) is 18.8 Å². The van der Waals surface area contributed by atoms with Crippen LogP contribution in [-0.4, -0.2) is 10.1 Å². The van der Waals surface area contributed by atoms with Crippen molar-refractivity contribution in [2.24, 2.45) is 5.92 Å². The highest BCUT2D eigenvalue weighted by Crippen LogP contribution is 2.46. The van der Waals surface area contributed by atoms with Crippen LogP contribution in [-0.2, 0) is 5.60 Å². The summed E-state index contributed by atoms with van der Waals surface area (Å²) in [5.74, 6) is -1.22. The lowest BCUT2D eigenvalue weighted by molar-refractivity contribution is -0.0790. The van der Waals surface area contributed by atoms with Crippen LogP contribution in [0.1, 0.15) is 25.3 Å². The number of rotatable bonds is 1. The van der Waals surface area contributed by atoms with Crippen molar-refractivity contribution in [1.82, 2.24) is 4.98 Å². The highest BCUT2D eigenvalue weighted by molar-refractivity contribution is 5.26. The first-order chi connectivity index (χ1) is 6.53. The highest BCUT2D eigenvalue weighted by atomic mass is 19.1. The Hall–Kier alpha value is -1.03. The summed E-state index contributed by atoms with van der Waals surface area (Å²) in [6, 6.07) is 0. The molecule has 1 saturated carbocycles. The van der Waals surface area contributed by atoms with Crippen molar-refractivity contribution < 1.29 is 13.9 Å². The van der Waals surface area contributed by atoms with Gasteiger partial charge >= 0.3 is 0 Å². The number of nitrogens with zero attached hydrogens (tertiary/aromatic N) is 1. The third-order valence-electron chi connectivity index (χ3n) is 2.69. The van der Waals surface area contributed by atoms with E-state index in [4.69, 9.17) is 0 Å². The monoisotopic (exact) mass is 199 g/mol. The fraction of sp³-hybridized carbons (Fsp3) is 0.500. The summed E-state index contributed by atoms with van der Waals surface area (Å²) in [5, 5.41) is 9.91. The largest absolute Gasteiger partial charge is 0.385 e. The van der Waals surface area contributed by atoms with E-state index in [1.165, 1.54) is 0 Å².